The van der Waals surface area contributed by atoms with Crippen LogP contribution in [0.1, 0.15) is 19.8 Å². The van der Waals surface area contributed by atoms with Crippen LogP contribution in [0.4, 0.5) is 4.79 Å². The topological polar surface area (TPSA) is 86.7 Å². The van der Waals surface area contributed by atoms with Crippen molar-refractivity contribution in [1.29, 1.82) is 0 Å². The summed E-state index contributed by atoms with van der Waals surface area (Å²) in [7, 11) is -0.973. The van der Waals surface area contributed by atoms with E-state index >= 15 is 0 Å². The standard InChI is InChI=1S/C11H20N2O4S/c1-8(18(2)17)6-12-11(16)13-5-3-4-9(7-13)10(14)15/h8-9H,3-7H2,1-2H3,(H,12,16)(H,14,15)/t8?,9-,18?/m0/s1. The summed E-state index contributed by atoms with van der Waals surface area (Å²) in [6, 6.07) is -0.266. The molecule has 6 nitrogen and oxygen atoms in total. The number of aliphatic carboxylic acids is 1. The quantitative estimate of drug-likeness (QED) is 0.771. The molecule has 0 radical (unpaired) electrons. The fourth-order valence-electron chi connectivity index (χ4n) is 1.82. The normalized spacial score (nSPS) is 23.2. The molecule has 0 aromatic heterocycles. The maximum absolute atomic E-state index is 11.8. The monoisotopic (exact) mass is 276 g/mol. The van der Waals surface area contributed by atoms with E-state index in [1.54, 1.807) is 13.2 Å². The number of nitrogens with zero attached hydrogens (tertiary/aromatic N) is 1. The molecule has 18 heavy (non-hydrogen) atoms. The lowest BCUT2D eigenvalue weighted by Crippen LogP contribution is -2.48. The molecule has 1 saturated heterocycles. The molecule has 0 spiro atoms. The van der Waals surface area contributed by atoms with Gasteiger partial charge in [-0.05, 0) is 19.8 Å². The molecule has 1 fully saturated rings. The molecule has 1 aliphatic rings. The molecule has 1 rings (SSSR count). The summed E-state index contributed by atoms with van der Waals surface area (Å²) in [4.78, 5) is 24.2. The van der Waals surface area contributed by atoms with E-state index in [-0.39, 0.29) is 17.8 Å². The van der Waals surface area contributed by atoms with Crippen molar-refractivity contribution in [3.63, 3.8) is 0 Å². The van der Waals surface area contributed by atoms with Crippen molar-refractivity contribution in [3.05, 3.63) is 0 Å². The second-order valence-electron chi connectivity index (χ2n) is 4.62. The van der Waals surface area contributed by atoms with Crippen LogP contribution in [0.5, 0.6) is 0 Å². The van der Waals surface area contributed by atoms with Crippen LogP contribution in [0, 0.1) is 5.92 Å². The number of urea groups is 1. The summed E-state index contributed by atoms with van der Waals surface area (Å²) < 4.78 is 11.1. The largest absolute Gasteiger partial charge is 0.481 e. The lowest BCUT2D eigenvalue weighted by atomic mass is 9.99. The molecular formula is C11H20N2O4S. The predicted octanol–water partition coefficient (Wildman–Crippen LogP) is 0.260. The van der Waals surface area contributed by atoms with Gasteiger partial charge in [-0.25, -0.2) is 4.79 Å². The van der Waals surface area contributed by atoms with Crippen LogP contribution >= 0.6 is 0 Å². The minimum atomic E-state index is -0.973. The number of piperidine rings is 1. The second kappa shape index (κ2) is 6.72. The molecular weight excluding hydrogens is 256 g/mol. The highest BCUT2D eigenvalue weighted by Crippen LogP contribution is 2.16. The molecule has 7 heteroatoms. The first-order valence-corrected chi connectivity index (χ1v) is 7.61. The number of hydrogen-bond acceptors (Lipinski definition) is 3. The van der Waals surface area contributed by atoms with E-state index in [9.17, 15) is 13.8 Å². The van der Waals surface area contributed by atoms with Gasteiger partial charge in [-0.2, -0.15) is 0 Å². The van der Waals surface area contributed by atoms with E-state index in [0.29, 0.717) is 25.9 Å². The smallest absolute Gasteiger partial charge is 0.317 e. The number of carbonyl (C=O) groups excluding carboxylic acids is 1. The van der Waals surface area contributed by atoms with E-state index in [0.717, 1.165) is 0 Å². The minimum absolute atomic E-state index is 0.103. The Kier molecular flexibility index (Phi) is 5.58. The lowest BCUT2D eigenvalue weighted by Gasteiger charge is -2.31. The number of carboxylic acid groups (broad SMARTS) is 1. The van der Waals surface area contributed by atoms with Crippen molar-refractivity contribution in [2.24, 2.45) is 5.92 Å². The molecule has 0 aromatic rings. The fourth-order valence-corrected chi connectivity index (χ4v) is 2.14. The fraction of sp³-hybridized carbons (Fsp3) is 0.818. The van der Waals surface area contributed by atoms with Crippen LogP contribution < -0.4 is 5.32 Å². The lowest BCUT2D eigenvalue weighted by molar-refractivity contribution is -0.143. The Morgan fingerprint density at radius 2 is 2.22 bits per heavy atom. The summed E-state index contributed by atoms with van der Waals surface area (Å²) in [5, 5.41) is 11.5. The molecule has 104 valence electrons. The number of likely N-dealkylation sites (tertiary alicyclic amines) is 1. The first-order valence-electron chi connectivity index (χ1n) is 5.99. The molecule has 0 saturated carbocycles. The Morgan fingerprint density at radius 3 is 2.78 bits per heavy atom. The van der Waals surface area contributed by atoms with Crippen molar-refractivity contribution in [2.45, 2.75) is 25.0 Å². The zero-order valence-corrected chi connectivity index (χ0v) is 11.5. The average Bonchev–Trinajstić information content (AvgIpc) is 2.35. The Balaban J connectivity index is 2.42. The van der Waals surface area contributed by atoms with E-state index in [1.165, 1.54) is 4.90 Å². The maximum atomic E-state index is 11.8. The third kappa shape index (κ3) is 4.29. The van der Waals surface area contributed by atoms with Crippen molar-refractivity contribution in [3.8, 4) is 0 Å². The van der Waals surface area contributed by atoms with Gasteiger partial charge in [0.05, 0.1) is 5.92 Å². The van der Waals surface area contributed by atoms with Gasteiger partial charge in [0.2, 0.25) is 0 Å². The van der Waals surface area contributed by atoms with Gasteiger partial charge in [0.1, 0.15) is 0 Å². The van der Waals surface area contributed by atoms with Gasteiger partial charge in [-0.1, -0.05) is 0 Å². The zero-order chi connectivity index (χ0) is 13.7. The summed E-state index contributed by atoms with van der Waals surface area (Å²) in [5.41, 5.74) is 0. The average molecular weight is 276 g/mol. The number of hydrogen-bond donors (Lipinski definition) is 2. The first-order chi connectivity index (χ1) is 8.41. The van der Waals surface area contributed by atoms with Crippen molar-refractivity contribution in [2.75, 3.05) is 25.9 Å². The number of amides is 2. The zero-order valence-electron chi connectivity index (χ0n) is 10.7. The third-order valence-electron chi connectivity index (χ3n) is 3.17. The van der Waals surface area contributed by atoms with Gasteiger partial charge in [0.25, 0.3) is 0 Å². The summed E-state index contributed by atoms with van der Waals surface area (Å²) in [6.07, 6.45) is 2.92. The van der Waals surface area contributed by atoms with Crippen molar-refractivity contribution < 1.29 is 18.9 Å². The predicted molar refractivity (Wildman–Crippen MR) is 68.9 cm³/mol. The minimum Gasteiger partial charge on any atom is -0.481 e. The third-order valence-corrected chi connectivity index (χ3v) is 4.47. The van der Waals surface area contributed by atoms with Crippen LogP contribution in [0.15, 0.2) is 0 Å². The number of carbonyl (C=O) groups is 2. The molecule has 3 atom stereocenters. The van der Waals surface area contributed by atoms with Crippen LogP contribution in [0.3, 0.4) is 0 Å². The van der Waals surface area contributed by atoms with Gasteiger partial charge >= 0.3 is 12.0 Å². The van der Waals surface area contributed by atoms with Crippen LogP contribution in [-0.4, -0.2) is 57.4 Å². The van der Waals surface area contributed by atoms with Crippen LogP contribution in [0.2, 0.25) is 0 Å². The van der Waals surface area contributed by atoms with Gasteiger partial charge in [0.15, 0.2) is 0 Å². The van der Waals surface area contributed by atoms with Crippen LogP contribution in [0.25, 0.3) is 0 Å². The van der Waals surface area contributed by atoms with Crippen LogP contribution in [-0.2, 0) is 15.6 Å². The number of carboxylic acids is 1. The van der Waals surface area contributed by atoms with E-state index in [1.807, 2.05) is 0 Å². The molecule has 1 heterocycles. The highest BCUT2D eigenvalue weighted by atomic mass is 32.2. The molecule has 0 aromatic carbocycles. The summed E-state index contributed by atoms with van der Waals surface area (Å²) in [5.74, 6) is -1.32. The highest BCUT2D eigenvalue weighted by Gasteiger charge is 2.28. The Bertz CT molecular complexity index is 348. The van der Waals surface area contributed by atoms with E-state index < -0.39 is 22.7 Å². The number of nitrogens with one attached hydrogen (secondary N) is 1. The Labute approximate surface area is 109 Å². The van der Waals surface area contributed by atoms with Gasteiger partial charge in [0, 0.05) is 41.9 Å². The molecule has 2 amide bonds. The number of rotatable bonds is 4. The highest BCUT2D eigenvalue weighted by molar-refractivity contribution is 7.84. The van der Waals surface area contributed by atoms with Gasteiger partial charge < -0.3 is 15.3 Å². The second-order valence-corrected chi connectivity index (χ2v) is 6.42. The summed E-state index contributed by atoms with van der Waals surface area (Å²) >= 11 is 0. The van der Waals surface area contributed by atoms with Gasteiger partial charge in [-0.15, -0.1) is 0 Å². The molecule has 2 unspecified atom stereocenters. The van der Waals surface area contributed by atoms with E-state index in [2.05, 4.69) is 5.32 Å². The Hall–Kier alpha value is -1.11. The van der Waals surface area contributed by atoms with Crippen molar-refractivity contribution in [1.82, 2.24) is 10.2 Å². The Morgan fingerprint density at radius 1 is 1.56 bits per heavy atom. The maximum Gasteiger partial charge on any atom is 0.317 e. The van der Waals surface area contributed by atoms with Crippen molar-refractivity contribution >= 4 is 22.8 Å². The molecule has 0 bridgehead atoms. The molecule has 0 aliphatic carbocycles. The first kappa shape index (κ1) is 14.9. The summed E-state index contributed by atoms with van der Waals surface area (Å²) in [6.45, 7) is 2.98. The van der Waals surface area contributed by atoms with Gasteiger partial charge in [-0.3, -0.25) is 9.00 Å². The molecule has 2 N–H and O–H groups in total. The SMILES string of the molecule is CC(CNC(=O)N1CCC[C@H](C(=O)O)C1)S(C)=O. The van der Waals surface area contributed by atoms with E-state index in [4.69, 9.17) is 5.11 Å². The molecule has 1 aliphatic heterocycles.